The van der Waals surface area contributed by atoms with E-state index >= 15 is 0 Å². The fraction of sp³-hybridized carbons (Fsp3) is 0.667. The number of hydrogen-bond donors (Lipinski definition) is 1. The van der Waals surface area contributed by atoms with Gasteiger partial charge in [0, 0.05) is 6.20 Å². The van der Waals surface area contributed by atoms with Crippen LogP contribution in [0.3, 0.4) is 0 Å². The third-order valence-electron chi connectivity index (χ3n) is 2.92. The maximum atomic E-state index is 10.3. The van der Waals surface area contributed by atoms with Gasteiger partial charge in [-0.15, -0.1) is 0 Å². The second-order valence-electron chi connectivity index (χ2n) is 6.21. The van der Waals surface area contributed by atoms with Gasteiger partial charge in [0.05, 0.1) is 13.2 Å². The fourth-order valence-electron chi connectivity index (χ4n) is 2.45. The Morgan fingerprint density at radius 3 is 2.61 bits per heavy atom. The summed E-state index contributed by atoms with van der Waals surface area (Å²) < 4.78 is 5.23. The highest BCUT2D eigenvalue weighted by atomic mass is 16.5. The standard InChI is InChI=1S/C15H25NO2/c1-11(10-15(2,3)4)9-12(17)14-13(18-5)7-6-8-16-14/h6-8,11-12,17H,9-10H2,1-5H3. The van der Waals surface area contributed by atoms with Crippen LogP contribution < -0.4 is 4.74 Å². The van der Waals surface area contributed by atoms with Gasteiger partial charge in [-0.05, 0) is 36.3 Å². The minimum Gasteiger partial charge on any atom is -0.495 e. The maximum Gasteiger partial charge on any atom is 0.143 e. The summed E-state index contributed by atoms with van der Waals surface area (Å²) in [5.41, 5.74) is 0.925. The van der Waals surface area contributed by atoms with E-state index in [9.17, 15) is 5.11 Å². The number of hydrogen-bond acceptors (Lipinski definition) is 3. The van der Waals surface area contributed by atoms with Crippen LogP contribution in [-0.2, 0) is 0 Å². The number of pyridine rings is 1. The normalized spacial score (nSPS) is 15.2. The van der Waals surface area contributed by atoms with Crippen LogP contribution in [0.5, 0.6) is 5.75 Å². The zero-order chi connectivity index (χ0) is 13.8. The first-order valence-electron chi connectivity index (χ1n) is 6.50. The summed E-state index contributed by atoms with van der Waals surface area (Å²) in [6.07, 6.45) is 2.93. The van der Waals surface area contributed by atoms with E-state index in [4.69, 9.17) is 4.74 Å². The Morgan fingerprint density at radius 1 is 1.39 bits per heavy atom. The molecule has 0 aliphatic rings. The molecule has 1 rings (SSSR count). The number of aliphatic hydroxyl groups is 1. The quantitative estimate of drug-likeness (QED) is 0.869. The van der Waals surface area contributed by atoms with Crippen LogP contribution in [0.25, 0.3) is 0 Å². The zero-order valence-electron chi connectivity index (χ0n) is 12.1. The van der Waals surface area contributed by atoms with Crippen molar-refractivity contribution in [3.05, 3.63) is 24.0 Å². The second kappa shape index (κ2) is 6.19. The average molecular weight is 251 g/mol. The van der Waals surface area contributed by atoms with Crippen LogP contribution in [0.2, 0.25) is 0 Å². The third kappa shape index (κ3) is 4.65. The van der Waals surface area contributed by atoms with Gasteiger partial charge in [-0.3, -0.25) is 4.98 Å². The van der Waals surface area contributed by atoms with Crippen molar-refractivity contribution in [3.8, 4) is 5.75 Å². The van der Waals surface area contributed by atoms with Crippen molar-refractivity contribution in [1.29, 1.82) is 0 Å². The molecule has 1 aromatic heterocycles. The molecule has 2 unspecified atom stereocenters. The molecule has 0 saturated carbocycles. The molecule has 1 aromatic rings. The van der Waals surface area contributed by atoms with Gasteiger partial charge in [-0.25, -0.2) is 0 Å². The lowest BCUT2D eigenvalue weighted by atomic mass is 9.83. The van der Waals surface area contributed by atoms with E-state index in [0.717, 1.165) is 6.42 Å². The molecule has 0 radical (unpaired) electrons. The SMILES string of the molecule is COc1cccnc1C(O)CC(C)CC(C)(C)C. The van der Waals surface area contributed by atoms with Crippen molar-refractivity contribution < 1.29 is 9.84 Å². The Hall–Kier alpha value is -1.09. The second-order valence-corrected chi connectivity index (χ2v) is 6.21. The summed E-state index contributed by atoms with van der Waals surface area (Å²) in [6, 6.07) is 3.65. The molecule has 3 heteroatoms. The number of methoxy groups -OCH3 is 1. The van der Waals surface area contributed by atoms with E-state index in [0.29, 0.717) is 23.8 Å². The van der Waals surface area contributed by atoms with E-state index in [-0.39, 0.29) is 5.41 Å². The molecule has 18 heavy (non-hydrogen) atoms. The highest BCUT2D eigenvalue weighted by Gasteiger charge is 2.21. The monoisotopic (exact) mass is 251 g/mol. The average Bonchev–Trinajstić information content (AvgIpc) is 2.26. The third-order valence-corrected chi connectivity index (χ3v) is 2.92. The van der Waals surface area contributed by atoms with E-state index in [1.165, 1.54) is 0 Å². The Bertz CT molecular complexity index is 371. The zero-order valence-corrected chi connectivity index (χ0v) is 12.1. The van der Waals surface area contributed by atoms with Crippen LogP contribution in [0, 0.1) is 11.3 Å². The van der Waals surface area contributed by atoms with Crippen molar-refractivity contribution in [1.82, 2.24) is 4.98 Å². The molecule has 1 N–H and O–H groups in total. The molecule has 0 aromatic carbocycles. The summed E-state index contributed by atoms with van der Waals surface area (Å²) in [5, 5.41) is 10.3. The molecule has 0 amide bonds. The summed E-state index contributed by atoms with van der Waals surface area (Å²) in [6.45, 7) is 8.83. The molecular formula is C15H25NO2. The summed E-state index contributed by atoms with van der Waals surface area (Å²) >= 11 is 0. The van der Waals surface area contributed by atoms with E-state index in [1.54, 1.807) is 13.3 Å². The first-order valence-corrected chi connectivity index (χ1v) is 6.50. The minimum atomic E-state index is -0.557. The predicted molar refractivity (Wildman–Crippen MR) is 73.6 cm³/mol. The largest absolute Gasteiger partial charge is 0.495 e. The van der Waals surface area contributed by atoms with Gasteiger partial charge in [-0.2, -0.15) is 0 Å². The molecule has 0 fully saturated rings. The van der Waals surface area contributed by atoms with Crippen molar-refractivity contribution in [2.24, 2.45) is 11.3 Å². The molecular weight excluding hydrogens is 226 g/mol. The van der Waals surface area contributed by atoms with Crippen LogP contribution in [0.4, 0.5) is 0 Å². The molecule has 2 atom stereocenters. The molecule has 0 spiro atoms. The molecule has 3 nitrogen and oxygen atoms in total. The highest BCUT2D eigenvalue weighted by molar-refractivity contribution is 5.28. The van der Waals surface area contributed by atoms with Gasteiger partial charge in [-0.1, -0.05) is 27.7 Å². The van der Waals surface area contributed by atoms with Crippen LogP contribution >= 0.6 is 0 Å². The number of aromatic nitrogens is 1. The van der Waals surface area contributed by atoms with E-state index in [1.807, 2.05) is 12.1 Å². The van der Waals surface area contributed by atoms with E-state index in [2.05, 4.69) is 32.7 Å². The molecule has 0 aliphatic heterocycles. The van der Waals surface area contributed by atoms with Gasteiger partial charge in [0.1, 0.15) is 11.4 Å². The Balaban J connectivity index is 2.67. The van der Waals surface area contributed by atoms with Crippen molar-refractivity contribution >= 4 is 0 Å². The maximum absolute atomic E-state index is 10.3. The van der Waals surface area contributed by atoms with Crippen LogP contribution in [0.1, 0.15) is 52.3 Å². The van der Waals surface area contributed by atoms with Gasteiger partial charge in [0.2, 0.25) is 0 Å². The Kier molecular flexibility index (Phi) is 5.15. The molecule has 0 aliphatic carbocycles. The van der Waals surface area contributed by atoms with Gasteiger partial charge in [0.25, 0.3) is 0 Å². The lowest BCUT2D eigenvalue weighted by Gasteiger charge is -2.25. The summed E-state index contributed by atoms with van der Waals surface area (Å²) in [4.78, 5) is 4.22. The van der Waals surface area contributed by atoms with Crippen LogP contribution in [-0.4, -0.2) is 17.2 Å². The van der Waals surface area contributed by atoms with Gasteiger partial charge in [0.15, 0.2) is 0 Å². The smallest absolute Gasteiger partial charge is 0.143 e. The number of nitrogens with zero attached hydrogens (tertiary/aromatic N) is 1. The Morgan fingerprint density at radius 2 is 2.06 bits per heavy atom. The van der Waals surface area contributed by atoms with Crippen molar-refractivity contribution in [2.75, 3.05) is 7.11 Å². The molecule has 0 saturated heterocycles. The molecule has 0 bridgehead atoms. The van der Waals surface area contributed by atoms with E-state index < -0.39 is 6.10 Å². The summed E-state index contributed by atoms with van der Waals surface area (Å²) in [7, 11) is 1.60. The molecule has 1 heterocycles. The van der Waals surface area contributed by atoms with Gasteiger partial charge < -0.3 is 9.84 Å². The lowest BCUT2D eigenvalue weighted by Crippen LogP contribution is -2.14. The fourth-order valence-corrected chi connectivity index (χ4v) is 2.45. The minimum absolute atomic E-state index is 0.285. The summed E-state index contributed by atoms with van der Waals surface area (Å²) in [5.74, 6) is 1.11. The highest BCUT2D eigenvalue weighted by Crippen LogP contribution is 2.32. The van der Waals surface area contributed by atoms with Gasteiger partial charge >= 0.3 is 0 Å². The number of ether oxygens (including phenoxy) is 1. The molecule has 102 valence electrons. The first-order chi connectivity index (χ1) is 8.33. The first kappa shape index (κ1) is 15.0. The predicted octanol–water partition coefficient (Wildman–Crippen LogP) is 3.59. The lowest BCUT2D eigenvalue weighted by molar-refractivity contribution is 0.127. The van der Waals surface area contributed by atoms with Crippen molar-refractivity contribution in [2.45, 2.75) is 46.6 Å². The number of aliphatic hydroxyl groups excluding tert-OH is 1. The van der Waals surface area contributed by atoms with Crippen molar-refractivity contribution in [3.63, 3.8) is 0 Å². The Labute approximate surface area is 110 Å². The number of rotatable bonds is 5. The topological polar surface area (TPSA) is 42.4 Å². The van der Waals surface area contributed by atoms with Crippen LogP contribution in [0.15, 0.2) is 18.3 Å².